The van der Waals surface area contributed by atoms with Gasteiger partial charge in [0.25, 0.3) is 0 Å². The van der Waals surface area contributed by atoms with E-state index in [-0.39, 0.29) is 58.6 Å². The number of ether oxygens (including phenoxy) is 3. The van der Waals surface area contributed by atoms with Crippen molar-refractivity contribution < 1.29 is 28.6 Å². The molecule has 4 aliphatic carbocycles. The van der Waals surface area contributed by atoms with Crippen LogP contribution in [0.1, 0.15) is 99.3 Å². The fourth-order valence-corrected chi connectivity index (χ4v) is 10.5. The first kappa shape index (κ1) is 32.0. The van der Waals surface area contributed by atoms with Crippen LogP contribution in [0.5, 0.6) is 0 Å². The maximum absolute atomic E-state index is 13.7. The zero-order valence-corrected chi connectivity index (χ0v) is 27.4. The van der Waals surface area contributed by atoms with E-state index in [2.05, 4.69) is 20.8 Å². The Balaban J connectivity index is 1.39. The Kier molecular flexibility index (Phi) is 9.25. The largest absolute Gasteiger partial charge is 0.458 e. The Morgan fingerprint density at radius 3 is 2.18 bits per heavy atom. The van der Waals surface area contributed by atoms with Crippen LogP contribution in [-0.4, -0.2) is 43.6 Å². The number of esters is 2. The number of fused-ring (bicyclic) bond motifs is 5. The SMILES string of the molecule is COCCCC(C)C1CCC2C3C(C[C@H](OC(=O)c4ccccc4)[C@]12C)[C@@]1(C)CCC(=O)C[C@H]1C[C@H]3OC(=O)c1ccccc1. The van der Waals surface area contributed by atoms with Crippen molar-refractivity contribution in [1.29, 1.82) is 0 Å². The molecule has 0 aliphatic heterocycles. The first-order valence-electron chi connectivity index (χ1n) is 17.2. The zero-order valence-electron chi connectivity index (χ0n) is 27.4. The normalized spacial score (nSPS) is 36.3. The minimum absolute atomic E-state index is 0.0743. The second-order valence-corrected chi connectivity index (χ2v) is 14.9. The van der Waals surface area contributed by atoms with E-state index in [1.807, 2.05) is 60.7 Å². The summed E-state index contributed by atoms with van der Waals surface area (Å²) in [4.78, 5) is 40.1. The van der Waals surface area contributed by atoms with Crippen LogP contribution in [0.15, 0.2) is 60.7 Å². The van der Waals surface area contributed by atoms with Gasteiger partial charge in [-0.05, 0) is 104 Å². The molecule has 6 rings (SSSR count). The van der Waals surface area contributed by atoms with E-state index in [0.717, 1.165) is 51.6 Å². The molecule has 0 bridgehead atoms. The van der Waals surface area contributed by atoms with Gasteiger partial charge in [-0.25, -0.2) is 9.59 Å². The molecule has 6 heteroatoms. The van der Waals surface area contributed by atoms with Gasteiger partial charge >= 0.3 is 11.9 Å². The number of methoxy groups -OCH3 is 1. The Bertz CT molecular complexity index is 1360. The van der Waals surface area contributed by atoms with Crippen LogP contribution in [0.3, 0.4) is 0 Å². The molecule has 0 amide bonds. The maximum Gasteiger partial charge on any atom is 0.338 e. The lowest BCUT2D eigenvalue weighted by molar-refractivity contribution is -0.201. The molecule has 242 valence electrons. The van der Waals surface area contributed by atoms with Crippen molar-refractivity contribution in [2.24, 2.45) is 46.3 Å². The average molecular weight is 615 g/mol. The van der Waals surface area contributed by atoms with Crippen molar-refractivity contribution >= 4 is 17.7 Å². The van der Waals surface area contributed by atoms with Gasteiger partial charge in [0, 0.05) is 37.9 Å². The third-order valence-corrected chi connectivity index (χ3v) is 12.8. The van der Waals surface area contributed by atoms with E-state index in [1.165, 1.54) is 0 Å². The minimum atomic E-state index is -0.285. The van der Waals surface area contributed by atoms with Crippen LogP contribution in [-0.2, 0) is 19.0 Å². The van der Waals surface area contributed by atoms with Crippen LogP contribution < -0.4 is 0 Å². The number of rotatable bonds is 9. The summed E-state index contributed by atoms with van der Waals surface area (Å²) in [6.07, 6.45) is 7.05. The fourth-order valence-electron chi connectivity index (χ4n) is 10.5. The summed E-state index contributed by atoms with van der Waals surface area (Å²) in [5.41, 5.74) is 0.803. The van der Waals surface area contributed by atoms with Crippen LogP contribution >= 0.6 is 0 Å². The molecular formula is C39H50O6. The average Bonchev–Trinajstić information content (AvgIpc) is 3.41. The number of hydrogen-bond donors (Lipinski definition) is 0. The summed E-state index contributed by atoms with van der Waals surface area (Å²) in [6, 6.07) is 18.6. The van der Waals surface area contributed by atoms with E-state index in [4.69, 9.17) is 14.2 Å². The molecule has 0 heterocycles. The van der Waals surface area contributed by atoms with E-state index in [0.29, 0.717) is 41.6 Å². The van der Waals surface area contributed by atoms with Crippen molar-refractivity contribution in [3.63, 3.8) is 0 Å². The highest BCUT2D eigenvalue weighted by molar-refractivity contribution is 5.90. The molecule has 0 saturated heterocycles. The zero-order chi connectivity index (χ0) is 31.8. The van der Waals surface area contributed by atoms with Crippen LogP contribution in [0.4, 0.5) is 0 Å². The molecule has 45 heavy (non-hydrogen) atoms. The third-order valence-electron chi connectivity index (χ3n) is 12.8. The minimum Gasteiger partial charge on any atom is -0.458 e. The second-order valence-electron chi connectivity index (χ2n) is 14.9. The number of carbonyl (C=O) groups is 3. The van der Waals surface area contributed by atoms with Gasteiger partial charge < -0.3 is 14.2 Å². The number of carbonyl (C=O) groups excluding carboxylic acids is 3. The molecule has 2 aromatic carbocycles. The molecule has 4 aliphatic rings. The van der Waals surface area contributed by atoms with Crippen LogP contribution in [0.2, 0.25) is 0 Å². The van der Waals surface area contributed by atoms with Crippen molar-refractivity contribution in [1.82, 2.24) is 0 Å². The fraction of sp³-hybridized carbons (Fsp3) is 0.615. The van der Waals surface area contributed by atoms with E-state index in [1.54, 1.807) is 7.11 Å². The molecule has 0 N–H and O–H groups in total. The van der Waals surface area contributed by atoms with Gasteiger partial charge in [0.2, 0.25) is 0 Å². The van der Waals surface area contributed by atoms with Crippen molar-refractivity contribution in [3.8, 4) is 0 Å². The van der Waals surface area contributed by atoms with Gasteiger partial charge in [0.1, 0.15) is 18.0 Å². The maximum atomic E-state index is 13.7. The molecule has 0 aromatic heterocycles. The van der Waals surface area contributed by atoms with Gasteiger partial charge in [-0.2, -0.15) is 0 Å². The first-order valence-corrected chi connectivity index (χ1v) is 17.2. The molecule has 10 atom stereocenters. The van der Waals surface area contributed by atoms with Gasteiger partial charge in [-0.1, -0.05) is 57.2 Å². The lowest BCUT2D eigenvalue weighted by Crippen LogP contribution is -2.63. The Morgan fingerprint density at radius 1 is 0.889 bits per heavy atom. The number of ketones is 1. The first-order chi connectivity index (χ1) is 21.7. The standard InChI is InChI=1S/C39H50O6/c1-25(12-11-21-43-4)30-17-18-31-35-32(24-34(39(30,31)3)45-37(42)27-15-9-6-10-16-27)38(2)20-19-29(40)22-28(38)23-33(35)44-36(41)26-13-7-5-8-14-26/h5-10,13-16,25,28,30-35H,11-12,17-24H2,1-4H3/t25?,28-,30?,31?,32?,33+,34-,35?,38-,39+/m0/s1. The molecule has 0 radical (unpaired) electrons. The van der Waals surface area contributed by atoms with E-state index < -0.39 is 0 Å². The molecular weight excluding hydrogens is 564 g/mol. The summed E-state index contributed by atoms with van der Waals surface area (Å²) < 4.78 is 18.6. The van der Waals surface area contributed by atoms with Gasteiger partial charge in [0.15, 0.2) is 0 Å². The highest BCUT2D eigenvalue weighted by Crippen LogP contribution is 2.69. The van der Waals surface area contributed by atoms with Crippen molar-refractivity contribution in [2.75, 3.05) is 13.7 Å². The number of benzene rings is 2. The highest BCUT2D eigenvalue weighted by Gasteiger charge is 2.67. The molecule has 4 fully saturated rings. The predicted octanol–water partition coefficient (Wildman–Crippen LogP) is 7.95. The van der Waals surface area contributed by atoms with Crippen LogP contribution in [0.25, 0.3) is 0 Å². The molecule has 2 aromatic rings. The van der Waals surface area contributed by atoms with E-state index in [9.17, 15) is 14.4 Å². The quantitative estimate of drug-likeness (QED) is 0.211. The lowest BCUT2D eigenvalue weighted by atomic mass is 9.43. The van der Waals surface area contributed by atoms with Crippen molar-refractivity contribution in [2.45, 2.75) is 90.8 Å². The van der Waals surface area contributed by atoms with E-state index >= 15 is 0 Å². The van der Waals surface area contributed by atoms with Gasteiger partial charge in [-0.15, -0.1) is 0 Å². The third kappa shape index (κ3) is 5.88. The number of Topliss-reactive ketones (excluding diaryl/α,β-unsaturated/α-hetero) is 1. The molecule has 6 nitrogen and oxygen atoms in total. The second kappa shape index (κ2) is 13.0. The predicted molar refractivity (Wildman–Crippen MR) is 173 cm³/mol. The molecule has 4 saturated carbocycles. The smallest absolute Gasteiger partial charge is 0.338 e. The Labute approximate surface area is 268 Å². The monoisotopic (exact) mass is 614 g/mol. The van der Waals surface area contributed by atoms with Crippen LogP contribution in [0, 0.1) is 46.3 Å². The highest BCUT2D eigenvalue weighted by atomic mass is 16.5. The summed E-state index contributed by atoms with van der Waals surface area (Å²) in [5, 5.41) is 0. The molecule has 5 unspecified atom stereocenters. The van der Waals surface area contributed by atoms with Gasteiger partial charge in [0.05, 0.1) is 11.1 Å². The Hall–Kier alpha value is -2.99. The lowest BCUT2D eigenvalue weighted by Gasteiger charge is -2.63. The Morgan fingerprint density at radius 2 is 1.53 bits per heavy atom. The summed E-state index contributed by atoms with van der Waals surface area (Å²) >= 11 is 0. The topological polar surface area (TPSA) is 78.9 Å². The van der Waals surface area contributed by atoms with Gasteiger partial charge in [-0.3, -0.25) is 4.79 Å². The molecule has 0 spiro atoms. The summed E-state index contributed by atoms with van der Waals surface area (Å²) in [7, 11) is 1.75. The van der Waals surface area contributed by atoms with Crippen molar-refractivity contribution in [3.05, 3.63) is 71.8 Å². The summed E-state index contributed by atoms with van der Waals surface area (Å²) in [6.45, 7) is 7.84. The number of hydrogen-bond acceptors (Lipinski definition) is 6. The summed E-state index contributed by atoms with van der Waals surface area (Å²) in [5.74, 6) is 1.30.